The summed E-state index contributed by atoms with van der Waals surface area (Å²) in [5.41, 5.74) is 0.838. The summed E-state index contributed by atoms with van der Waals surface area (Å²) in [6.45, 7) is 5.16. The molecule has 0 saturated heterocycles. The van der Waals surface area contributed by atoms with Crippen molar-refractivity contribution in [3.8, 4) is 0 Å². The fourth-order valence-corrected chi connectivity index (χ4v) is 3.29. The van der Waals surface area contributed by atoms with Crippen LogP contribution in [0, 0.1) is 5.92 Å². The third-order valence-corrected chi connectivity index (χ3v) is 4.56. The molecular formula is C20H31NO2. The van der Waals surface area contributed by atoms with Gasteiger partial charge < -0.3 is 10.1 Å². The van der Waals surface area contributed by atoms with Gasteiger partial charge in [0.15, 0.2) is 0 Å². The van der Waals surface area contributed by atoms with Crippen molar-refractivity contribution in [3.63, 3.8) is 0 Å². The Bertz CT molecular complexity index is 464. The highest BCUT2D eigenvalue weighted by Gasteiger charge is 2.22. The van der Waals surface area contributed by atoms with Crippen LogP contribution in [0.5, 0.6) is 0 Å². The average molecular weight is 317 g/mol. The van der Waals surface area contributed by atoms with E-state index >= 15 is 0 Å². The van der Waals surface area contributed by atoms with Gasteiger partial charge in [0, 0.05) is 6.42 Å². The molecule has 3 nitrogen and oxygen atoms in total. The van der Waals surface area contributed by atoms with Crippen LogP contribution in [0.2, 0.25) is 0 Å². The standard InChI is InChI=1S/C20H31NO2/c1-20(2,16-23-15-18-11-7-4-8-12-18)21-19(22)14-13-17-9-5-3-6-10-17/h4,7-8,11-12,17H,3,5-6,9-10,13-16H2,1-2H3,(H,21,22). The number of benzene rings is 1. The normalized spacial score (nSPS) is 16.3. The van der Waals surface area contributed by atoms with Crippen molar-refractivity contribution in [1.29, 1.82) is 0 Å². The van der Waals surface area contributed by atoms with Gasteiger partial charge in [-0.2, -0.15) is 0 Å². The molecule has 0 bridgehead atoms. The highest BCUT2D eigenvalue weighted by molar-refractivity contribution is 5.76. The Labute approximate surface area is 140 Å². The predicted octanol–water partition coefficient (Wildman–Crippen LogP) is 4.46. The van der Waals surface area contributed by atoms with Crippen LogP contribution in [0.3, 0.4) is 0 Å². The first-order chi connectivity index (χ1) is 11.1. The summed E-state index contributed by atoms with van der Waals surface area (Å²) in [7, 11) is 0. The SMILES string of the molecule is CC(C)(COCc1ccccc1)NC(=O)CCC1CCCCC1. The summed E-state index contributed by atoms with van der Waals surface area (Å²) in [6.07, 6.45) is 8.33. The second-order valence-corrected chi connectivity index (χ2v) is 7.45. The topological polar surface area (TPSA) is 38.3 Å². The molecule has 128 valence electrons. The van der Waals surface area contributed by atoms with Gasteiger partial charge in [0.25, 0.3) is 0 Å². The van der Waals surface area contributed by atoms with Crippen LogP contribution in [0.4, 0.5) is 0 Å². The van der Waals surface area contributed by atoms with Crippen molar-refractivity contribution in [3.05, 3.63) is 35.9 Å². The Morgan fingerprint density at radius 3 is 2.57 bits per heavy atom. The number of rotatable bonds is 8. The van der Waals surface area contributed by atoms with Crippen LogP contribution >= 0.6 is 0 Å². The van der Waals surface area contributed by atoms with Crippen LogP contribution in [0.1, 0.15) is 64.4 Å². The minimum Gasteiger partial charge on any atom is -0.374 e. The number of ether oxygens (including phenoxy) is 1. The number of hydrogen-bond acceptors (Lipinski definition) is 2. The van der Waals surface area contributed by atoms with E-state index in [1.807, 2.05) is 32.0 Å². The van der Waals surface area contributed by atoms with Crippen molar-refractivity contribution in [2.24, 2.45) is 5.92 Å². The first-order valence-corrected chi connectivity index (χ1v) is 8.98. The molecule has 0 aliphatic heterocycles. The Kier molecular flexibility index (Phi) is 7.10. The summed E-state index contributed by atoms with van der Waals surface area (Å²) in [5.74, 6) is 0.913. The Balaban J connectivity index is 1.64. The number of nitrogens with one attached hydrogen (secondary N) is 1. The van der Waals surface area contributed by atoms with Gasteiger partial charge in [-0.1, -0.05) is 62.4 Å². The molecule has 0 radical (unpaired) electrons. The fourth-order valence-electron chi connectivity index (χ4n) is 3.29. The average Bonchev–Trinajstić information content (AvgIpc) is 2.54. The Morgan fingerprint density at radius 2 is 1.87 bits per heavy atom. The molecule has 23 heavy (non-hydrogen) atoms. The molecule has 0 heterocycles. The zero-order valence-electron chi connectivity index (χ0n) is 14.6. The molecule has 0 unspecified atom stereocenters. The first kappa shape index (κ1) is 18.0. The highest BCUT2D eigenvalue weighted by Crippen LogP contribution is 2.27. The first-order valence-electron chi connectivity index (χ1n) is 8.98. The van der Waals surface area contributed by atoms with E-state index in [2.05, 4.69) is 17.4 Å². The van der Waals surface area contributed by atoms with Gasteiger partial charge in [0.1, 0.15) is 0 Å². The molecular weight excluding hydrogens is 286 g/mol. The van der Waals surface area contributed by atoms with Crippen LogP contribution in [0.25, 0.3) is 0 Å². The van der Waals surface area contributed by atoms with Crippen molar-refractivity contribution < 1.29 is 9.53 Å². The molecule has 1 aromatic carbocycles. The minimum atomic E-state index is -0.321. The van der Waals surface area contributed by atoms with Gasteiger partial charge in [-0.25, -0.2) is 0 Å². The van der Waals surface area contributed by atoms with Crippen LogP contribution in [-0.4, -0.2) is 18.1 Å². The molecule has 1 fully saturated rings. The largest absolute Gasteiger partial charge is 0.374 e. The lowest BCUT2D eigenvalue weighted by molar-refractivity contribution is -0.123. The molecule has 1 amide bonds. The van der Waals surface area contributed by atoms with E-state index in [1.165, 1.54) is 32.1 Å². The molecule has 0 spiro atoms. The summed E-state index contributed by atoms with van der Waals surface area (Å²) in [5, 5.41) is 3.12. The van der Waals surface area contributed by atoms with E-state index in [9.17, 15) is 4.79 Å². The quantitative estimate of drug-likeness (QED) is 0.769. The zero-order valence-corrected chi connectivity index (χ0v) is 14.6. The van der Waals surface area contributed by atoms with E-state index in [-0.39, 0.29) is 11.4 Å². The highest BCUT2D eigenvalue weighted by atomic mass is 16.5. The molecule has 1 aliphatic rings. The summed E-state index contributed by atoms with van der Waals surface area (Å²) < 4.78 is 5.77. The van der Waals surface area contributed by atoms with Gasteiger partial charge in [0.05, 0.1) is 18.8 Å². The third kappa shape index (κ3) is 7.17. The van der Waals surface area contributed by atoms with Crippen LogP contribution in [-0.2, 0) is 16.1 Å². The van der Waals surface area contributed by atoms with Gasteiger partial charge in [-0.15, -0.1) is 0 Å². The molecule has 0 atom stereocenters. The molecule has 3 heteroatoms. The smallest absolute Gasteiger partial charge is 0.220 e. The number of carbonyl (C=O) groups excluding carboxylic acids is 1. The lowest BCUT2D eigenvalue weighted by atomic mass is 9.86. The van der Waals surface area contributed by atoms with E-state index in [0.29, 0.717) is 19.6 Å². The van der Waals surface area contributed by atoms with E-state index < -0.39 is 0 Å². The number of amides is 1. The lowest BCUT2D eigenvalue weighted by Gasteiger charge is -2.27. The predicted molar refractivity (Wildman–Crippen MR) is 94.1 cm³/mol. The van der Waals surface area contributed by atoms with Gasteiger partial charge in [-0.05, 0) is 31.7 Å². The zero-order chi connectivity index (χ0) is 16.5. The maximum atomic E-state index is 12.2. The molecule has 1 aromatic rings. The van der Waals surface area contributed by atoms with E-state index in [4.69, 9.17) is 4.74 Å². The fraction of sp³-hybridized carbons (Fsp3) is 0.650. The van der Waals surface area contributed by atoms with Crippen molar-refractivity contribution >= 4 is 5.91 Å². The second-order valence-electron chi connectivity index (χ2n) is 7.45. The molecule has 1 aliphatic carbocycles. The lowest BCUT2D eigenvalue weighted by Crippen LogP contribution is -2.47. The number of hydrogen-bond donors (Lipinski definition) is 1. The Hall–Kier alpha value is -1.35. The van der Waals surface area contributed by atoms with Crippen molar-refractivity contribution in [2.45, 2.75) is 70.9 Å². The van der Waals surface area contributed by atoms with Gasteiger partial charge >= 0.3 is 0 Å². The monoisotopic (exact) mass is 317 g/mol. The van der Waals surface area contributed by atoms with Crippen molar-refractivity contribution in [1.82, 2.24) is 5.32 Å². The molecule has 0 aromatic heterocycles. The summed E-state index contributed by atoms with van der Waals surface area (Å²) in [6, 6.07) is 10.1. The third-order valence-electron chi connectivity index (χ3n) is 4.56. The van der Waals surface area contributed by atoms with E-state index in [1.54, 1.807) is 0 Å². The second kappa shape index (κ2) is 9.07. The van der Waals surface area contributed by atoms with Crippen LogP contribution < -0.4 is 5.32 Å². The van der Waals surface area contributed by atoms with Crippen molar-refractivity contribution in [2.75, 3.05) is 6.61 Å². The molecule has 2 rings (SSSR count). The van der Waals surface area contributed by atoms with Gasteiger partial charge in [-0.3, -0.25) is 4.79 Å². The molecule has 1 N–H and O–H groups in total. The number of carbonyl (C=O) groups is 1. The van der Waals surface area contributed by atoms with Crippen LogP contribution in [0.15, 0.2) is 30.3 Å². The minimum absolute atomic E-state index is 0.156. The van der Waals surface area contributed by atoms with Gasteiger partial charge in [0.2, 0.25) is 5.91 Å². The summed E-state index contributed by atoms with van der Waals surface area (Å²) in [4.78, 5) is 12.2. The summed E-state index contributed by atoms with van der Waals surface area (Å²) >= 11 is 0. The van der Waals surface area contributed by atoms with E-state index in [0.717, 1.165) is 17.9 Å². The maximum absolute atomic E-state index is 12.2. The Morgan fingerprint density at radius 1 is 1.17 bits per heavy atom. The molecule has 1 saturated carbocycles. The maximum Gasteiger partial charge on any atom is 0.220 e.